The first-order valence-corrected chi connectivity index (χ1v) is 7.11. The highest BCUT2D eigenvalue weighted by Gasteiger charge is 2.57. The van der Waals surface area contributed by atoms with Crippen molar-refractivity contribution >= 4 is 17.4 Å². The van der Waals surface area contributed by atoms with Gasteiger partial charge in [-0.2, -0.15) is 0 Å². The molecule has 0 saturated heterocycles. The van der Waals surface area contributed by atoms with Gasteiger partial charge in [-0.3, -0.25) is 4.79 Å². The quantitative estimate of drug-likeness (QED) is 0.470. The van der Waals surface area contributed by atoms with Gasteiger partial charge >= 0.3 is 5.97 Å². The van der Waals surface area contributed by atoms with E-state index in [4.69, 9.17) is 22.3 Å². The summed E-state index contributed by atoms with van der Waals surface area (Å²) in [5, 5.41) is 0. The molecule has 1 atom stereocenters. The number of ether oxygens (including phenoxy) is 2. The second kappa shape index (κ2) is 6.46. The summed E-state index contributed by atoms with van der Waals surface area (Å²) in [6.45, 7) is 1.87. The topological polar surface area (TPSA) is 55.8 Å². The Morgan fingerprint density at radius 2 is 2.09 bits per heavy atom. The predicted octanol–water partition coefficient (Wildman–Crippen LogP) is 1.66. The number of nitrogens with zero attached hydrogens (tertiary/aromatic N) is 1. The van der Waals surface area contributed by atoms with E-state index in [1.54, 1.807) is 30.0 Å². The summed E-state index contributed by atoms with van der Waals surface area (Å²) in [6, 6.07) is 4.98. The Labute approximate surface area is 135 Å². The van der Waals surface area contributed by atoms with Gasteiger partial charge in [0.2, 0.25) is 11.3 Å². The molecule has 5 nitrogen and oxygen atoms in total. The van der Waals surface area contributed by atoms with Crippen LogP contribution in [0.2, 0.25) is 0 Å². The predicted molar refractivity (Wildman–Crippen MR) is 86.3 cm³/mol. The number of rotatable bonds is 5. The lowest BCUT2D eigenvalue weighted by molar-refractivity contribution is -0.147. The maximum Gasteiger partial charge on any atom is 0.341 e. The van der Waals surface area contributed by atoms with E-state index in [0.29, 0.717) is 17.0 Å². The maximum atomic E-state index is 13.0. The molecule has 0 saturated carbocycles. The van der Waals surface area contributed by atoms with Crippen LogP contribution in [0.3, 0.4) is 0 Å². The van der Waals surface area contributed by atoms with Crippen LogP contribution in [-0.4, -0.2) is 37.6 Å². The molecular formula is C18H17NO4. The molecule has 1 aromatic carbocycles. The average molecular weight is 311 g/mol. The van der Waals surface area contributed by atoms with Gasteiger partial charge < -0.3 is 14.4 Å². The summed E-state index contributed by atoms with van der Waals surface area (Å²) in [6.07, 6.45) is 10.7. The molecule has 0 aliphatic carbocycles. The van der Waals surface area contributed by atoms with E-state index in [1.165, 1.54) is 7.11 Å². The normalized spacial score (nSPS) is 18.8. The van der Waals surface area contributed by atoms with Crippen LogP contribution in [0.4, 0.5) is 5.69 Å². The fourth-order valence-electron chi connectivity index (χ4n) is 2.77. The zero-order chi connectivity index (χ0) is 17.0. The van der Waals surface area contributed by atoms with Crippen LogP contribution < -0.4 is 9.64 Å². The number of carbonyl (C=O) groups is 2. The van der Waals surface area contributed by atoms with Gasteiger partial charge in [0.05, 0.1) is 32.4 Å². The second-order valence-electron chi connectivity index (χ2n) is 4.96. The zero-order valence-corrected chi connectivity index (χ0v) is 13.1. The summed E-state index contributed by atoms with van der Waals surface area (Å²) in [5.41, 5.74) is -0.716. The van der Waals surface area contributed by atoms with Gasteiger partial charge in [-0.25, -0.2) is 4.79 Å². The molecule has 0 radical (unpaired) electrons. The summed E-state index contributed by atoms with van der Waals surface area (Å²) < 4.78 is 10.3. The molecule has 0 amide bonds. The van der Waals surface area contributed by atoms with Crippen LogP contribution in [0.25, 0.3) is 0 Å². The van der Waals surface area contributed by atoms with Crippen molar-refractivity contribution in [1.82, 2.24) is 0 Å². The average Bonchev–Trinajstić information content (AvgIpc) is 2.78. The number of ketones is 1. The SMILES string of the molecule is C#CCN1c2ccc(OC)cc2C(=O)C1(CC#C)C(=O)OCC. The first kappa shape index (κ1) is 16.5. The molecule has 23 heavy (non-hydrogen) atoms. The number of terminal acetylenes is 2. The highest BCUT2D eigenvalue weighted by atomic mass is 16.5. The van der Waals surface area contributed by atoms with Gasteiger partial charge in [-0.1, -0.05) is 5.92 Å². The molecule has 1 heterocycles. The van der Waals surface area contributed by atoms with E-state index in [-0.39, 0.29) is 19.6 Å². The molecule has 0 bridgehead atoms. The van der Waals surface area contributed by atoms with Gasteiger partial charge in [-0.05, 0) is 25.1 Å². The fraction of sp³-hybridized carbons (Fsp3) is 0.333. The second-order valence-corrected chi connectivity index (χ2v) is 4.96. The van der Waals surface area contributed by atoms with Gasteiger partial charge in [-0.15, -0.1) is 18.8 Å². The number of anilines is 1. The molecule has 0 aromatic heterocycles. The smallest absolute Gasteiger partial charge is 0.341 e. The van der Waals surface area contributed by atoms with Crippen molar-refractivity contribution < 1.29 is 19.1 Å². The maximum absolute atomic E-state index is 13.0. The van der Waals surface area contributed by atoms with E-state index >= 15 is 0 Å². The number of Topliss-reactive ketones (excluding diaryl/α,β-unsaturated/α-hetero) is 1. The highest BCUT2D eigenvalue weighted by molar-refractivity contribution is 6.25. The molecule has 0 fully saturated rings. The van der Waals surface area contributed by atoms with Crippen molar-refractivity contribution in [2.24, 2.45) is 0 Å². The lowest BCUT2D eigenvalue weighted by Crippen LogP contribution is -2.57. The van der Waals surface area contributed by atoms with Crippen molar-refractivity contribution in [1.29, 1.82) is 0 Å². The molecule has 1 unspecified atom stereocenters. The Morgan fingerprint density at radius 1 is 1.35 bits per heavy atom. The molecular weight excluding hydrogens is 294 g/mol. The van der Waals surface area contributed by atoms with Gasteiger partial charge in [0, 0.05) is 5.56 Å². The third-order valence-corrected chi connectivity index (χ3v) is 3.80. The van der Waals surface area contributed by atoms with Crippen molar-refractivity contribution in [2.45, 2.75) is 18.9 Å². The Morgan fingerprint density at radius 3 is 2.65 bits per heavy atom. The molecule has 1 aliphatic heterocycles. The van der Waals surface area contributed by atoms with E-state index in [2.05, 4.69) is 11.8 Å². The first-order valence-electron chi connectivity index (χ1n) is 7.11. The van der Waals surface area contributed by atoms with Crippen molar-refractivity contribution in [3.05, 3.63) is 23.8 Å². The Balaban J connectivity index is 2.66. The molecule has 5 heteroatoms. The summed E-state index contributed by atoms with van der Waals surface area (Å²) in [5.74, 6) is 4.29. The fourth-order valence-corrected chi connectivity index (χ4v) is 2.77. The van der Waals surface area contributed by atoms with Crippen LogP contribution >= 0.6 is 0 Å². The molecule has 118 valence electrons. The van der Waals surface area contributed by atoms with E-state index in [0.717, 1.165) is 0 Å². The third kappa shape index (κ3) is 2.41. The number of hydrogen-bond donors (Lipinski definition) is 0. The number of esters is 1. The van der Waals surface area contributed by atoms with Crippen LogP contribution in [0.5, 0.6) is 5.75 Å². The van der Waals surface area contributed by atoms with Crippen molar-refractivity contribution in [3.63, 3.8) is 0 Å². The standard InChI is InChI=1S/C18H17NO4/c1-5-10-18(17(21)23-7-3)16(20)14-12-13(22-4)8-9-15(14)19(18)11-6-2/h1-2,8-9,12H,7,10-11H2,3-4H3. The lowest BCUT2D eigenvalue weighted by atomic mass is 9.89. The molecule has 1 aliphatic rings. The van der Waals surface area contributed by atoms with Crippen LogP contribution in [0, 0.1) is 24.7 Å². The Hall–Kier alpha value is -2.92. The van der Waals surface area contributed by atoms with Crippen LogP contribution in [-0.2, 0) is 9.53 Å². The van der Waals surface area contributed by atoms with Crippen molar-refractivity contribution in [3.8, 4) is 30.4 Å². The van der Waals surface area contributed by atoms with Gasteiger partial charge in [0.1, 0.15) is 5.75 Å². The monoisotopic (exact) mass is 311 g/mol. The highest BCUT2D eigenvalue weighted by Crippen LogP contribution is 2.42. The Kier molecular flexibility index (Phi) is 4.62. The van der Waals surface area contributed by atoms with E-state index in [1.807, 2.05) is 0 Å². The number of fused-ring (bicyclic) bond motifs is 1. The number of methoxy groups -OCH3 is 1. The minimum Gasteiger partial charge on any atom is -0.497 e. The largest absolute Gasteiger partial charge is 0.497 e. The van der Waals surface area contributed by atoms with Gasteiger partial charge in [0.15, 0.2) is 0 Å². The lowest BCUT2D eigenvalue weighted by Gasteiger charge is -2.34. The Bertz CT molecular complexity index is 726. The number of carbonyl (C=O) groups excluding carboxylic acids is 2. The summed E-state index contributed by atoms with van der Waals surface area (Å²) in [7, 11) is 1.50. The van der Waals surface area contributed by atoms with Gasteiger partial charge in [0.25, 0.3) is 0 Å². The van der Waals surface area contributed by atoms with E-state index in [9.17, 15) is 9.59 Å². The third-order valence-electron chi connectivity index (χ3n) is 3.80. The van der Waals surface area contributed by atoms with Crippen LogP contribution in [0.15, 0.2) is 18.2 Å². The molecule has 0 spiro atoms. The minimum absolute atomic E-state index is 0.0611. The number of hydrogen-bond acceptors (Lipinski definition) is 5. The van der Waals surface area contributed by atoms with Crippen molar-refractivity contribution in [2.75, 3.05) is 25.2 Å². The van der Waals surface area contributed by atoms with Crippen LogP contribution in [0.1, 0.15) is 23.7 Å². The molecule has 0 N–H and O–H groups in total. The zero-order valence-electron chi connectivity index (χ0n) is 13.1. The first-order chi connectivity index (χ1) is 11.1. The minimum atomic E-state index is -1.62. The van der Waals surface area contributed by atoms with E-state index < -0.39 is 17.3 Å². The molecule has 1 aromatic rings. The number of benzene rings is 1. The summed E-state index contributed by atoms with van der Waals surface area (Å²) in [4.78, 5) is 27.2. The molecule has 2 rings (SSSR count). The summed E-state index contributed by atoms with van der Waals surface area (Å²) >= 11 is 0.